The van der Waals surface area contributed by atoms with Crippen LogP contribution in [0.3, 0.4) is 0 Å². The molecule has 2 N–H and O–H groups in total. The molecule has 8 rings (SSSR count). The van der Waals surface area contributed by atoms with E-state index in [1.807, 2.05) is 0 Å². The van der Waals surface area contributed by atoms with Crippen LogP contribution >= 0.6 is 0 Å². The van der Waals surface area contributed by atoms with Gasteiger partial charge in [0.05, 0.1) is 33.4 Å². The molecule has 4 nitrogen and oxygen atoms in total. The predicted molar refractivity (Wildman–Crippen MR) is 206 cm³/mol. The van der Waals surface area contributed by atoms with E-state index in [1.165, 1.54) is 55.9 Å². The van der Waals surface area contributed by atoms with E-state index in [0.717, 1.165) is 44.6 Å². The SMILES string of the molecule is CC(C)(C)c1ccc2c(c1)c1cc(C(C)(C)C)ccc1n2-c1cc(C=N)c(-n2c3ccccc3c3c4ccccc4ccc32)cc1C=N. The maximum atomic E-state index is 8.71. The van der Waals surface area contributed by atoms with Crippen LogP contribution in [0.4, 0.5) is 0 Å². The zero-order valence-electron chi connectivity index (χ0n) is 28.4. The first-order valence-electron chi connectivity index (χ1n) is 16.7. The van der Waals surface area contributed by atoms with Crippen LogP contribution in [0.1, 0.15) is 63.8 Å². The van der Waals surface area contributed by atoms with Crippen molar-refractivity contribution in [2.75, 3.05) is 0 Å². The molecule has 48 heavy (non-hydrogen) atoms. The second-order valence-corrected chi connectivity index (χ2v) is 15.1. The summed E-state index contributed by atoms with van der Waals surface area (Å²) in [5.74, 6) is 0. The van der Waals surface area contributed by atoms with Crippen molar-refractivity contribution in [3.8, 4) is 11.4 Å². The summed E-state index contributed by atoms with van der Waals surface area (Å²) in [6, 6.07) is 39.2. The van der Waals surface area contributed by atoms with Gasteiger partial charge in [0.2, 0.25) is 0 Å². The quantitative estimate of drug-likeness (QED) is 0.183. The topological polar surface area (TPSA) is 57.6 Å². The summed E-state index contributed by atoms with van der Waals surface area (Å²) in [6.45, 7) is 13.5. The number of para-hydroxylation sites is 1. The van der Waals surface area contributed by atoms with Gasteiger partial charge in [-0.1, -0.05) is 102 Å². The van der Waals surface area contributed by atoms with Crippen LogP contribution in [0, 0.1) is 10.8 Å². The van der Waals surface area contributed by atoms with Crippen LogP contribution in [-0.4, -0.2) is 21.6 Å². The Morgan fingerprint density at radius 3 is 1.46 bits per heavy atom. The van der Waals surface area contributed by atoms with E-state index in [1.54, 1.807) is 0 Å². The summed E-state index contributed by atoms with van der Waals surface area (Å²) < 4.78 is 4.56. The minimum absolute atomic E-state index is 0.00695. The van der Waals surface area contributed by atoms with Gasteiger partial charge in [-0.3, -0.25) is 0 Å². The van der Waals surface area contributed by atoms with Crippen molar-refractivity contribution in [3.05, 3.63) is 131 Å². The Morgan fingerprint density at radius 2 is 0.917 bits per heavy atom. The molecule has 0 saturated carbocycles. The first kappa shape index (κ1) is 29.9. The zero-order chi connectivity index (χ0) is 33.5. The van der Waals surface area contributed by atoms with Crippen molar-refractivity contribution < 1.29 is 0 Å². The highest BCUT2D eigenvalue weighted by Gasteiger charge is 2.23. The van der Waals surface area contributed by atoms with Gasteiger partial charge in [0, 0.05) is 45.1 Å². The molecule has 0 fully saturated rings. The summed E-state index contributed by atoms with van der Waals surface area (Å²) in [4.78, 5) is 0. The van der Waals surface area contributed by atoms with Crippen LogP contribution < -0.4 is 0 Å². The largest absolute Gasteiger partial charge is 0.309 e. The molecule has 0 saturated heterocycles. The smallest absolute Gasteiger partial charge is 0.0557 e. The highest BCUT2D eigenvalue weighted by molar-refractivity contribution is 6.21. The fourth-order valence-electron chi connectivity index (χ4n) is 7.44. The molecule has 0 aliphatic carbocycles. The molecule has 2 heterocycles. The minimum Gasteiger partial charge on any atom is -0.309 e. The van der Waals surface area contributed by atoms with Gasteiger partial charge in [0.1, 0.15) is 0 Å². The summed E-state index contributed by atoms with van der Waals surface area (Å²) in [5.41, 5.74) is 10.3. The minimum atomic E-state index is 0.00695. The van der Waals surface area contributed by atoms with E-state index in [2.05, 4.69) is 160 Å². The Labute approximate surface area is 281 Å². The first-order chi connectivity index (χ1) is 23.0. The van der Waals surface area contributed by atoms with Crippen LogP contribution in [0.5, 0.6) is 0 Å². The number of hydrogen-bond acceptors (Lipinski definition) is 2. The molecular weight excluding hydrogens is 585 g/mol. The van der Waals surface area contributed by atoms with Crippen LogP contribution in [0.25, 0.3) is 65.8 Å². The van der Waals surface area contributed by atoms with Gasteiger partial charge >= 0.3 is 0 Å². The molecule has 0 unspecified atom stereocenters. The molecule has 8 aromatic rings. The van der Waals surface area contributed by atoms with Crippen molar-refractivity contribution in [2.24, 2.45) is 0 Å². The van der Waals surface area contributed by atoms with Gasteiger partial charge in [-0.25, -0.2) is 0 Å². The Bertz CT molecular complexity index is 2540. The van der Waals surface area contributed by atoms with E-state index >= 15 is 0 Å². The van der Waals surface area contributed by atoms with Gasteiger partial charge in [-0.2, -0.15) is 0 Å². The fraction of sp³-hybridized carbons (Fsp3) is 0.182. The van der Waals surface area contributed by atoms with E-state index < -0.39 is 0 Å². The first-order valence-corrected chi connectivity index (χ1v) is 16.7. The van der Waals surface area contributed by atoms with Gasteiger partial charge in [0.25, 0.3) is 0 Å². The zero-order valence-corrected chi connectivity index (χ0v) is 28.4. The average Bonchev–Trinajstić information content (AvgIpc) is 3.59. The number of fused-ring (bicyclic) bond motifs is 8. The second-order valence-electron chi connectivity index (χ2n) is 15.1. The number of aromatic nitrogens is 2. The maximum absolute atomic E-state index is 8.71. The highest BCUT2D eigenvalue weighted by Crippen LogP contribution is 2.41. The van der Waals surface area contributed by atoms with E-state index in [9.17, 15) is 0 Å². The molecule has 6 aromatic carbocycles. The molecule has 0 bridgehead atoms. The molecule has 0 spiro atoms. The van der Waals surface area contributed by atoms with Crippen LogP contribution in [0.15, 0.2) is 109 Å². The number of rotatable bonds is 4. The van der Waals surface area contributed by atoms with Crippen molar-refractivity contribution in [2.45, 2.75) is 52.4 Å². The molecule has 4 heteroatoms. The molecule has 0 aliphatic rings. The van der Waals surface area contributed by atoms with E-state index in [4.69, 9.17) is 10.8 Å². The molecule has 2 aromatic heterocycles. The molecule has 0 atom stereocenters. The average molecular weight is 625 g/mol. The summed E-state index contributed by atoms with van der Waals surface area (Å²) in [6.07, 6.45) is 2.91. The lowest BCUT2D eigenvalue weighted by atomic mass is 9.85. The summed E-state index contributed by atoms with van der Waals surface area (Å²) >= 11 is 0. The van der Waals surface area contributed by atoms with Crippen molar-refractivity contribution in [3.63, 3.8) is 0 Å². The normalized spacial score (nSPS) is 12.5. The van der Waals surface area contributed by atoms with E-state index in [0.29, 0.717) is 0 Å². The Morgan fingerprint density at radius 1 is 0.458 bits per heavy atom. The molecular formula is C44H40N4. The van der Waals surface area contributed by atoms with Crippen molar-refractivity contribution >= 4 is 66.8 Å². The van der Waals surface area contributed by atoms with Crippen molar-refractivity contribution in [1.82, 2.24) is 9.13 Å². The monoisotopic (exact) mass is 624 g/mol. The third-order valence-corrected chi connectivity index (χ3v) is 10.0. The lowest BCUT2D eigenvalue weighted by molar-refractivity contribution is 0.590. The van der Waals surface area contributed by atoms with Gasteiger partial charge < -0.3 is 20.0 Å². The number of benzene rings is 6. The lowest BCUT2D eigenvalue weighted by Gasteiger charge is -2.20. The van der Waals surface area contributed by atoms with Gasteiger partial charge in [0.15, 0.2) is 0 Å². The van der Waals surface area contributed by atoms with Crippen LogP contribution in [0.2, 0.25) is 0 Å². The molecule has 0 radical (unpaired) electrons. The van der Waals surface area contributed by atoms with Crippen molar-refractivity contribution in [1.29, 1.82) is 10.8 Å². The number of hydrogen-bond donors (Lipinski definition) is 2. The van der Waals surface area contributed by atoms with Gasteiger partial charge in [-0.05, 0) is 81.3 Å². The summed E-state index contributed by atoms with van der Waals surface area (Å²) in [7, 11) is 0. The number of nitrogens with zero attached hydrogens (tertiary/aromatic N) is 2. The Hall–Kier alpha value is -5.48. The maximum Gasteiger partial charge on any atom is 0.0557 e. The Kier molecular flexibility index (Phi) is 6.55. The molecule has 236 valence electrons. The predicted octanol–water partition coefficient (Wildman–Crippen LogP) is 11.6. The standard InChI is InChI=1S/C44H40N4/c1-43(2,3)30-16-19-37-34(23-30)35-24-31(44(4,5)6)17-20-38(35)47(37)40-21-29(26-46)41(22-28(40)25-45)48-36-14-10-9-13-33(36)42-32-12-8-7-11-27(32)15-18-39(42)48/h7-26,45-46H,1-6H3. The highest BCUT2D eigenvalue weighted by atomic mass is 15.0. The fourth-order valence-corrected chi connectivity index (χ4v) is 7.44. The van der Waals surface area contributed by atoms with E-state index in [-0.39, 0.29) is 10.8 Å². The molecule has 0 amide bonds. The summed E-state index contributed by atoms with van der Waals surface area (Å²) in [5, 5.41) is 24.6. The van der Waals surface area contributed by atoms with Gasteiger partial charge in [-0.15, -0.1) is 0 Å². The Balaban J connectivity index is 1.45. The second kappa shape index (κ2) is 10.5. The lowest BCUT2D eigenvalue weighted by Crippen LogP contribution is -2.10. The third kappa shape index (κ3) is 4.43. The third-order valence-electron chi connectivity index (χ3n) is 10.0. The van der Waals surface area contributed by atoms with Crippen LogP contribution in [-0.2, 0) is 10.8 Å². The molecule has 0 aliphatic heterocycles. The number of nitrogens with one attached hydrogen (secondary N) is 2.